The van der Waals surface area contributed by atoms with Crippen molar-refractivity contribution in [3.63, 3.8) is 0 Å². The number of hydrogen-bond donors (Lipinski definition) is 0. The fraction of sp³-hybridized carbons (Fsp3) is 0.353. The van der Waals surface area contributed by atoms with Gasteiger partial charge in [-0.15, -0.1) is 0 Å². The van der Waals surface area contributed by atoms with Crippen molar-refractivity contribution in [2.75, 3.05) is 13.1 Å². The average molecular weight is 332 g/mol. The van der Waals surface area contributed by atoms with Crippen LogP contribution in [0, 0.1) is 0 Å². The van der Waals surface area contributed by atoms with Crippen molar-refractivity contribution < 1.29 is 4.79 Å². The smallest absolute Gasteiger partial charge is 0.267 e. The van der Waals surface area contributed by atoms with Gasteiger partial charge in [0.1, 0.15) is 6.54 Å². The normalized spacial score (nSPS) is 14.7. The Labute approximate surface area is 139 Å². The van der Waals surface area contributed by atoms with Crippen LogP contribution >= 0.6 is 11.6 Å². The Balaban J connectivity index is 1.81. The van der Waals surface area contributed by atoms with Crippen molar-refractivity contribution in [1.29, 1.82) is 0 Å². The maximum absolute atomic E-state index is 12.3. The number of amides is 1. The van der Waals surface area contributed by atoms with Crippen molar-refractivity contribution in [3.8, 4) is 11.3 Å². The average Bonchev–Trinajstić information content (AvgIpc) is 2.58. The molecule has 6 heteroatoms. The Bertz CT molecular complexity index is 749. The highest BCUT2D eigenvalue weighted by atomic mass is 35.5. The van der Waals surface area contributed by atoms with E-state index < -0.39 is 0 Å². The SMILES string of the molecule is O=C(Cn1nc(-c2ccc(Cl)cc2)ccc1=O)N1CCCCC1. The van der Waals surface area contributed by atoms with Gasteiger partial charge in [0.25, 0.3) is 5.56 Å². The molecule has 1 aliphatic heterocycles. The maximum Gasteiger partial charge on any atom is 0.267 e. The summed E-state index contributed by atoms with van der Waals surface area (Å²) in [4.78, 5) is 26.1. The molecule has 3 rings (SSSR count). The van der Waals surface area contributed by atoms with E-state index in [1.54, 1.807) is 18.2 Å². The van der Waals surface area contributed by atoms with Gasteiger partial charge in [0.15, 0.2) is 0 Å². The zero-order valence-corrected chi connectivity index (χ0v) is 13.5. The molecule has 1 fully saturated rings. The van der Waals surface area contributed by atoms with Crippen LogP contribution in [-0.4, -0.2) is 33.7 Å². The van der Waals surface area contributed by atoms with Gasteiger partial charge in [-0.1, -0.05) is 23.7 Å². The molecule has 23 heavy (non-hydrogen) atoms. The second-order valence-electron chi connectivity index (χ2n) is 5.66. The highest BCUT2D eigenvalue weighted by Crippen LogP contribution is 2.18. The van der Waals surface area contributed by atoms with Crippen LogP contribution in [0.15, 0.2) is 41.2 Å². The summed E-state index contributed by atoms with van der Waals surface area (Å²) < 4.78 is 1.24. The third-order valence-corrected chi connectivity index (χ3v) is 4.25. The third-order valence-electron chi connectivity index (χ3n) is 4.00. The molecule has 0 bridgehead atoms. The largest absolute Gasteiger partial charge is 0.341 e. The van der Waals surface area contributed by atoms with Crippen LogP contribution in [0.5, 0.6) is 0 Å². The fourth-order valence-electron chi connectivity index (χ4n) is 2.71. The van der Waals surface area contributed by atoms with E-state index in [1.807, 2.05) is 17.0 Å². The molecular formula is C17H18ClN3O2. The van der Waals surface area contributed by atoms with Crippen LogP contribution in [0.1, 0.15) is 19.3 Å². The minimum atomic E-state index is -0.270. The summed E-state index contributed by atoms with van der Waals surface area (Å²) in [6.45, 7) is 1.52. The van der Waals surface area contributed by atoms with Crippen LogP contribution in [0.4, 0.5) is 0 Å². The van der Waals surface area contributed by atoms with E-state index in [4.69, 9.17) is 11.6 Å². The molecule has 0 radical (unpaired) electrons. The lowest BCUT2D eigenvalue weighted by molar-refractivity contribution is -0.133. The second kappa shape index (κ2) is 6.96. The summed E-state index contributed by atoms with van der Waals surface area (Å²) >= 11 is 5.88. The summed E-state index contributed by atoms with van der Waals surface area (Å²) in [5, 5.41) is 4.96. The number of rotatable bonds is 3. The standard InChI is InChI=1S/C17H18ClN3O2/c18-14-6-4-13(5-7-14)15-8-9-16(22)21(19-15)12-17(23)20-10-2-1-3-11-20/h4-9H,1-3,10-12H2. The van der Waals surface area contributed by atoms with Crippen molar-refractivity contribution in [2.45, 2.75) is 25.8 Å². The molecule has 1 aliphatic rings. The summed E-state index contributed by atoms with van der Waals surface area (Å²) in [5.41, 5.74) is 1.23. The second-order valence-corrected chi connectivity index (χ2v) is 6.10. The molecule has 1 aromatic carbocycles. The van der Waals surface area contributed by atoms with E-state index in [0.29, 0.717) is 10.7 Å². The molecule has 2 heterocycles. The van der Waals surface area contributed by atoms with E-state index in [2.05, 4.69) is 5.10 Å². The summed E-state index contributed by atoms with van der Waals surface area (Å²) in [6, 6.07) is 10.3. The van der Waals surface area contributed by atoms with Crippen LogP contribution in [-0.2, 0) is 11.3 Å². The van der Waals surface area contributed by atoms with Crippen molar-refractivity contribution >= 4 is 17.5 Å². The first kappa shape index (κ1) is 15.7. The quantitative estimate of drug-likeness (QED) is 0.868. The molecule has 0 N–H and O–H groups in total. The maximum atomic E-state index is 12.3. The predicted molar refractivity (Wildman–Crippen MR) is 89.4 cm³/mol. The van der Waals surface area contributed by atoms with Gasteiger partial charge in [0.2, 0.25) is 5.91 Å². The minimum absolute atomic E-state index is 0.0136. The van der Waals surface area contributed by atoms with E-state index >= 15 is 0 Å². The molecule has 2 aromatic rings. The summed E-state index contributed by atoms with van der Waals surface area (Å²) in [6.07, 6.45) is 3.21. The minimum Gasteiger partial charge on any atom is -0.341 e. The Morgan fingerprint density at radius 1 is 1.04 bits per heavy atom. The van der Waals surface area contributed by atoms with Crippen molar-refractivity contribution in [2.24, 2.45) is 0 Å². The van der Waals surface area contributed by atoms with Gasteiger partial charge in [0, 0.05) is 29.7 Å². The fourth-order valence-corrected chi connectivity index (χ4v) is 2.83. The number of piperidine rings is 1. The van der Waals surface area contributed by atoms with Crippen molar-refractivity contribution in [1.82, 2.24) is 14.7 Å². The van der Waals surface area contributed by atoms with Crippen molar-refractivity contribution in [3.05, 3.63) is 51.8 Å². The third kappa shape index (κ3) is 3.79. The Kier molecular flexibility index (Phi) is 4.76. The van der Waals surface area contributed by atoms with Gasteiger partial charge < -0.3 is 4.90 Å². The molecule has 1 amide bonds. The number of carbonyl (C=O) groups is 1. The summed E-state index contributed by atoms with van der Waals surface area (Å²) in [5.74, 6) is -0.0486. The molecule has 1 aromatic heterocycles. The lowest BCUT2D eigenvalue weighted by Crippen LogP contribution is -2.40. The number of carbonyl (C=O) groups excluding carboxylic acids is 1. The Hall–Kier alpha value is -2.14. The summed E-state index contributed by atoms with van der Waals surface area (Å²) in [7, 11) is 0. The van der Waals surface area contributed by atoms with E-state index in [9.17, 15) is 9.59 Å². The number of nitrogens with zero attached hydrogens (tertiary/aromatic N) is 3. The number of hydrogen-bond acceptors (Lipinski definition) is 3. The first-order chi connectivity index (χ1) is 11.1. The number of aromatic nitrogens is 2. The van der Waals surface area contributed by atoms with E-state index in [1.165, 1.54) is 10.7 Å². The van der Waals surface area contributed by atoms with Crippen LogP contribution in [0.3, 0.4) is 0 Å². The van der Waals surface area contributed by atoms with Gasteiger partial charge >= 0.3 is 0 Å². The molecule has 5 nitrogen and oxygen atoms in total. The van der Waals surface area contributed by atoms with E-state index in [0.717, 1.165) is 37.9 Å². The van der Waals surface area contributed by atoms with Gasteiger partial charge in [-0.25, -0.2) is 4.68 Å². The molecule has 0 unspecified atom stereocenters. The Morgan fingerprint density at radius 2 is 1.74 bits per heavy atom. The number of halogens is 1. The van der Waals surface area contributed by atoms with Crippen LogP contribution < -0.4 is 5.56 Å². The van der Waals surface area contributed by atoms with Crippen LogP contribution in [0.2, 0.25) is 5.02 Å². The number of likely N-dealkylation sites (tertiary alicyclic amines) is 1. The van der Waals surface area contributed by atoms with Gasteiger partial charge in [-0.05, 0) is 37.5 Å². The first-order valence-electron chi connectivity index (χ1n) is 7.75. The molecule has 0 aliphatic carbocycles. The highest BCUT2D eigenvalue weighted by Gasteiger charge is 2.17. The number of benzene rings is 1. The highest BCUT2D eigenvalue weighted by molar-refractivity contribution is 6.30. The lowest BCUT2D eigenvalue weighted by Gasteiger charge is -2.26. The molecule has 0 saturated carbocycles. The first-order valence-corrected chi connectivity index (χ1v) is 8.13. The molecule has 0 spiro atoms. The molecule has 120 valence electrons. The molecular weight excluding hydrogens is 314 g/mol. The van der Waals surface area contributed by atoms with E-state index in [-0.39, 0.29) is 18.0 Å². The van der Waals surface area contributed by atoms with Crippen LogP contribution in [0.25, 0.3) is 11.3 Å². The van der Waals surface area contributed by atoms with Gasteiger partial charge in [-0.2, -0.15) is 5.10 Å². The van der Waals surface area contributed by atoms with Gasteiger partial charge in [0.05, 0.1) is 5.69 Å². The van der Waals surface area contributed by atoms with Gasteiger partial charge in [-0.3, -0.25) is 9.59 Å². The molecule has 0 atom stereocenters. The zero-order chi connectivity index (χ0) is 16.2. The molecule has 1 saturated heterocycles. The predicted octanol–water partition coefficient (Wildman–Crippen LogP) is 2.58. The topological polar surface area (TPSA) is 55.2 Å². The lowest BCUT2D eigenvalue weighted by atomic mass is 10.1. The zero-order valence-electron chi connectivity index (χ0n) is 12.7. The monoisotopic (exact) mass is 331 g/mol. The Morgan fingerprint density at radius 3 is 2.43 bits per heavy atom.